The van der Waals surface area contributed by atoms with Crippen LogP contribution >= 0.6 is 7.82 Å². The summed E-state index contributed by atoms with van der Waals surface area (Å²) in [6.45, 7) is 4.62. The fraction of sp³-hybridized carbons (Fsp3) is 0.729. The molecule has 0 saturated carbocycles. The molecule has 0 aliphatic heterocycles. The Balaban J connectivity index is 4.36. The van der Waals surface area contributed by atoms with Gasteiger partial charge in [0.25, 0.3) is 7.82 Å². The monoisotopic (exact) mass is 820 g/mol. The maximum atomic E-state index is 12.5. The third kappa shape index (κ3) is 44.7. The minimum Gasteiger partial charge on any atom is -0.756 e. The van der Waals surface area contributed by atoms with E-state index in [1.54, 1.807) is 6.26 Å². The van der Waals surface area contributed by atoms with Crippen LogP contribution in [0.4, 0.5) is 0 Å². The molecule has 0 aromatic carbocycles. The van der Waals surface area contributed by atoms with Gasteiger partial charge in [-0.25, -0.2) is 0 Å². The number of phosphoric ester groups is 1. The van der Waals surface area contributed by atoms with Crippen molar-refractivity contribution in [2.45, 2.75) is 180 Å². The van der Waals surface area contributed by atoms with Gasteiger partial charge in [-0.2, -0.15) is 0 Å². The summed E-state index contributed by atoms with van der Waals surface area (Å²) < 4.78 is 34.3. The molecule has 0 bridgehead atoms. The van der Waals surface area contributed by atoms with Crippen LogP contribution in [0.25, 0.3) is 0 Å². The Morgan fingerprint density at radius 1 is 0.561 bits per heavy atom. The number of phosphoric acid groups is 1. The molecule has 2 unspecified atom stereocenters. The van der Waals surface area contributed by atoms with E-state index in [1.807, 2.05) is 27.2 Å². The zero-order valence-corrected chi connectivity index (χ0v) is 38.2. The molecule has 2 atom stereocenters. The summed E-state index contributed by atoms with van der Waals surface area (Å²) in [7, 11) is 1.33. The first-order chi connectivity index (χ1) is 27.6. The number of unbranched alkanes of at least 4 members (excludes halogenated alkanes) is 17. The van der Waals surface area contributed by atoms with Gasteiger partial charge in [0, 0.05) is 6.42 Å². The number of quaternary nitrogens is 1. The molecule has 57 heavy (non-hydrogen) atoms. The van der Waals surface area contributed by atoms with Gasteiger partial charge in [0.2, 0.25) is 0 Å². The molecule has 0 aromatic heterocycles. The van der Waals surface area contributed by atoms with Gasteiger partial charge in [-0.1, -0.05) is 139 Å². The molecule has 330 valence electrons. The van der Waals surface area contributed by atoms with Gasteiger partial charge in [-0.3, -0.25) is 9.36 Å². The third-order valence-corrected chi connectivity index (χ3v) is 10.3. The summed E-state index contributed by atoms with van der Waals surface area (Å²) >= 11 is 0. The van der Waals surface area contributed by atoms with Crippen molar-refractivity contribution in [3.8, 4) is 0 Å². The van der Waals surface area contributed by atoms with Crippen molar-refractivity contribution >= 4 is 13.8 Å². The van der Waals surface area contributed by atoms with Gasteiger partial charge in [-0.05, 0) is 96.0 Å². The number of hydrogen-bond donors (Lipinski definition) is 0. The summed E-state index contributed by atoms with van der Waals surface area (Å²) in [5.41, 5.74) is 0. The van der Waals surface area contributed by atoms with Crippen molar-refractivity contribution < 1.29 is 37.3 Å². The maximum Gasteiger partial charge on any atom is 0.305 e. The highest BCUT2D eigenvalue weighted by Gasteiger charge is 2.19. The lowest BCUT2D eigenvalue weighted by Crippen LogP contribution is -2.37. The zero-order chi connectivity index (χ0) is 42.0. The Kier molecular flexibility index (Phi) is 39.0. The number of rotatable bonds is 41. The first-order valence-electron chi connectivity index (χ1n) is 22.7. The van der Waals surface area contributed by atoms with E-state index in [4.69, 9.17) is 18.5 Å². The molecule has 0 fully saturated rings. The Morgan fingerprint density at radius 2 is 0.982 bits per heavy atom. The van der Waals surface area contributed by atoms with Crippen LogP contribution in [0, 0.1) is 0 Å². The first-order valence-corrected chi connectivity index (χ1v) is 24.2. The molecule has 0 aliphatic rings. The van der Waals surface area contributed by atoms with Crippen molar-refractivity contribution in [1.29, 1.82) is 0 Å². The predicted molar refractivity (Wildman–Crippen MR) is 240 cm³/mol. The molecule has 0 spiro atoms. The average molecular weight is 820 g/mol. The first kappa shape index (κ1) is 54.8. The van der Waals surface area contributed by atoms with Gasteiger partial charge >= 0.3 is 5.97 Å². The normalized spacial score (nSPS) is 14.4. The van der Waals surface area contributed by atoms with Gasteiger partial charge in [0.1, 0.15) is 19.8 Å². The smallest absolute Gasteiger partial charge is 0.305 e. The highest BCUT2D eigenvalue weighted by molar-refractivity contribution is 7.45. The second kappa shape index (κ2) is 40.6. The van der Waals surface area contributed by atoms with E-state index in [9.17, 15) is 14.3 Å². The largest absolute Gasteiger partial charge is 0.756 e. The fourth-order valence-electron chi connectivity index (χ4n) is 5.68. The second-order valence-corrected chi connectivity index (χ2v) is 17.5. The number of carbonyl (C=O) groups excluding carboxylic acids is 1. The van der Waals surface area contributed by atoms with E-state index >= 15 is 0 Å². The Labute approximate surface area is 351 Å². The molecule has 0 saturated heterocycles. The molecule has 0 aliphatic carbocycles. The highest BCUT2D eigenvalue weighted by Crippen LogP contribution is 2.38. The highest BCUT2D eigenvalue weighted by atomic mass is 31.2. The molecule has 0 radical (unpaired) electrons. The standard InChI is InChI=1S/C48H86NO7P/c1-6-8-10-12-14-16-18-20-22-24-25-26-27-29-31-33-35-37-39-41-48(50)54-45-47(46-56-57(51,52)55-44-42-49(3,4)5)53-43-40-38-36-34-32-30-28-23-21-19-17-15-13-11-9-7-2/h14,16,20-23,25-26,29,31,40,43,47H,6-13,15,17-19,24,27-28,30,32-39,41-42,44-46H2,1-5H3/b16-14-,22-20-,23-21-,26-25-,31-29-,43-40-. The summed E-state index contributed by atoms with van der Waals surface area (Å²) in [6.07, 6.45) is 53.0. The van der Waals surface area contributed by atoms with Crippen LogP contribution in [0.2, 0.25) is 0 Å². The average Bonchev–Trinajstić information content (AvgIpc) is 3.17. The van der Waals surface area contributed by atoms with E-state index in [0.717, 1.165) is 70.6 Å². The van der Waals surface area contributed by atoms with E-state index in [2.05, 4.69) is 74.6 Å². The lowest BCUT2D eigenvalue weighted by Gasteiger charge is -2.28. The minimum atomic E-state index is -4.53. The van der Waals surface area contributed by atoms with Gasteiger partial charge in [-0.15, -0.1) is 0 Å². The Hall–Kier alpha value is -2.22. The molecule has 0 heterocycles. The summed E-state index contributed by atoms with van der Waals surface area (Å²) in [4.78, 5) is 24.9. The van der Waals surface area contributed by atoms with Crippen LogP contribution in [0.1, 0.15) is 174 Å². The number of likely N-dealkylation sites (N-methyl/N-ethyl adjacent to an activating group) is 1. The fourth-order valence-corrected chi connectivity index (χ4v) is 6.41. The number of hydrogen-bond acceptors (Lipinski definition) is 7. The van der Waals surface area contributed by atoms with E-state index in [1.165, 1.54) is 83.5 Å². The van der Waals surface area contributed by atoms with E-state index in [-0.39, 0.29) is 25.8 Å². The van der Waals surface area contributed by atoms with Crippen molar-refractivity contribution in [3.63, 3.8) is 0 Å². The van der Waals surface area contributed by atoms with E-state index < -0.39 is 13.9 Å². The van der Waals surface area contributed by atoms with Crippen LogP contribution in [0.15, 0.2) is 73.1 Å². The van der Waals surface area contributed by atoms with Crippen molar-refractivity contribution in [2.24, 2.45) is 0 Å². The topological polar surface area (TPSA) is 94.1 Å². The number of nitrogens with zero attached hydrogens (tertiary/aromatic N) is 1. The molecular formula is C48H86NO7P. The summed E-state index contributed by atoms with van der Waals surface area (Å²) in [5.74, 6) is -0.327. The van der Waals surface area contributed by atoms with E-state index in [0.29, 0.717) is 17.4 Å². The van der Waals surface area contributed by atoms with Gasteiger partial charge in [0.05, 0.1) is 34.0 Å². The summed E-state index contributed by atoms with van der Waals surface area (Å²) in [5, 5.41) is 0. The quantitative estimate of drug-likeness (QED) is 0.0151. The van der Waals surface area contributed by atoms with Crippen LogP contribution in [-0.4, -0.2) is 64.1 Å². The lowest BCUT2D eigenvalue weighted by atomic mass is 10.1. The molecule has 0 N–H and O–H groups in total. The van der Waals surface area contributed by atoms with Crippen molar-refractivity contribution in [3.05, 3.63) is 73.1 Å². The molecule has 8 nitrogen and oxygen atoms in total. The molecule has 9 heteroatoms. The lowest BCUT2D eigenvalue weighted by molar-refractivity contribution is -0.870. The molecule has 0 rings (SSSR count). The minimum absolute atomic E-state index is 0.0165. The zero-order valence-electron chi connectivity index (χ0n) is 37.3. The molecule has 0 amide bonds. The van der Waals surface area contributed by atoms with Gasteiger partial charge < -0.3 is 27.9 Å². The predicted octanol–water partition coefficient (Wildman–Crippen LogP) is 13.2. The van der Waals surface area contributed by atoms with Crippen LogP contribution < -0.4 is 4.89 Å². The number of esters is 1. The second-order valence-electron chi connectivity index (χ2n) is 16.1. The number of allylic oxidation sites excluding steroid dienone is 11. The number of ether oxygens (including phenoxy) is 2. The Morgan fingerprint density at radius 3 is 1.51 bits per heavy atom. The Bertz CT molecular complexity index is 1140. The number of carbonyl (C=O) groups is 1. The maximum absolute atomic E-state index is 12.5. The molecular weight excluding hydrogens is 734 g/mol. The molecule has 0 aromatic rings. The SMILES string of the molecule is CCCCC/C=C\C/C=C\C/C=C\C/C=C\CCCCCC(=O)OCC(COP(=O)([O-])OCC[N+](C)(C)C)O/C=C\CCCCCC/C=C\CCCCCCCC. The van der Waals surface area contributed by atoms with Crippen molar-refractivity contribution in [2.75, 3.05) is 47.5 Å². The van der Waals surface area contributed by atoms with Gasteiger partial charge in [0.15, 0.2) is 6.10 Å². The van der Waals surface area contributed by atoms with Crippen LogP contribution in [-0.2, 0) is 27.9 Å². The van der Waals surface area contributed by atoms with Crippen LogP contribution in [0.5, 0.6) is 0 Å². The van der Waals surface area contributed by atoms with Crippen LogP contribution in [0.3, 0.4) is 0 Å². The van der Waals surface area contributed by atoms with Crippen molar-refractivity contribution in [1.82, 2.24) is 0 Å². The third-order valence-electron chi connectivity index (χ3n) is 9.32. The summed E-state index contributed by atoms with van der Waals surface area (Å²) in [6, 6.07) is 0.